The van der Waals surface area contributed by atoms with Gasteiger partial charge in [-0.15, -0.1) is 11.8 Å². The van der Waals surface area contributed by atoms with Crippen LogP contribution in [0.5, 0.6) is 0 Å². The van der Waals surface area contributed by atoms with Crippen molar-refractivity contribution in [2.24, 2.45) is 5.84 Å². The average Bonchev–Trinajstić information content (AvgIpc) is 3.46. The van der Waals surface area contributed by atoms with Gasteiger partial charge in [0.05, 0.1) is 0 Å². The molecular weight excluding hydrogens is 382 g/mol. The molecule has 0 amide bonds. The number of benzene rings is 2. The monoisotopic (exact) mass is 405 g/mol. The first-order valence-electron chi connectivity index (χ1n) is 7.95. The lowest BCUT2D eigenvalue weighted by atomic mass is 10.1. The number of rotatable bonds is 6. The van der Waals surface area contributed by atoms with Crippen LogP contribution in [0.1, 0.15) is 29.9 Å². The topological polar surface area (TPSA) is 50.1 Å². The summed E-state index contributed by atoms with van der Waals surface area (Å²) < 4.78 is 1.20. The molecule has 0 aromatic heterocycles. The van der Waals surface area contributed by atoms with Crippen LogP contribution < -0.4 is 16.6 Å². The van der Waals surface area contributed by atoms with E-state index in [4.69, 9.17) is 0 Å². The molecule has 3 rings (SSSR count). The van der Waals surface area contributed by atoms with E-state index in [-0.39, 0.29) is 0 Å². The molecule has 1 fully saturated rings. The summed E-state index contributed by atoms with van der Waals surface area (Å²) in [6.45, 7) is 3.24. The molecule has 0 bridgehead atoms. The van der Waals surface area contributed by atoms with E-state index >= 15 is 0 Å². The molecule has 1 saturated carbocycles. The van der Waals surface area contributed by atoms with E-state index in [2.05, 4.69) is 81.6 Å². The second-order valence-corrected chi connectivity index (χ2v) is 7.34. The van der Waals surface area contributed by atoms with Gasteiger partial charge in [0.1, 0.15) is 0 Å². The zero-order valence-corrected chi connectivity index (χ0v) is 16.3. The van der Waals surface area contributed by atoms with Gasteiger partial charge >= 0.3 is 0 Å². The Morgan fingerprint density at radius 1 is 1.25 bits per heavy atom. The maximum atomic E-state index is 4.66. The zero-order chi connectivity index (χ0) is 17.4. The summed E-state index contributed by atoms with van der Waals surface area (Å²) in [4.78, 5) is 1.42. The van der Waals surface area contributed by atoms with Gasteiger partial charge in [-0.1, -0.05) is 52.8 Å². The molecule has 0 saturated heterocycles. The Morgan fingerprint density at radius 3 is 2.54 bits per heavy atom. The number of hydrazine groups is 1. The highest BCUT2D eigenvalue weighted by Gasteiger charge is 2.27. The fourth-order valence-electron chi connectivity index (χ4n) is 2.39. The number of nitrogens with one attached hydrogen (secondary N) is 2. The Hall–Kier alpha value is -1.43. The lowest BCUT2D eigenvalue weighted by Gasteiger charge is -2.14. The Labute approximate surface area is 157 Å². The molecule has 128 valence electrons. The minimum absolute atomic E-state index is 0.782. The molecule has 1 aliphatic carbocycles. The lowest BCUT2D eigenvalue weighted by Crippen LogP contribution is -2.11. The molecule has 2 aromatic rings. The van der Waals surface area contributed by atoms with Crippen molar-refractivity contribution < 1.29 is 0 Å². The van der Waals surface area contributed by atoms with Gasteiger partial charge in [0, 0.05) is 34.1 Å². The highest BCUT2D eigenvalue weighted by atomic mass is 79.9. The first-order valence-corrected chi connectivity index (χ1v) is 9.73. The zero-order valence-electron chi connectivity index (χ0n) is 13.9. The van der Waals surface area contributed by atoms with Gasteiger partial charge in [-0.3, -0.25) is 5.84 Å². The molecule has 0 unspecified atom stereocenters. The van der Waals surface area contributed by atoms with Gasteiger partial charge < -0.3 is 10.7 Å². The maximum absolute atomic E-state index is 4.66. The second-order valence-electron chi connectivity index (χ2n) is 5.50. The summed E-state index contributed by atoms with van der Waals surface area (Å²) in [6.07, 6.45) is 4.09. The van der Waals surface area contributed by atoms with Gasteiger partial charge in [-0.2, -0.15) is 0 Å². The SMILES string of the molecule is C=CNN.CNc1cccc(C2CC2)c1SCc1ccccc1Br. The quantitative estimate of drug-likeness (QED) is 0.348. The fraction of sp³-hybridized carbons (Fsp3) is 0.263. The first-order chi connectivity index (χ1) is 11.7. The van der Waals surface area contributed by atoms with E-state index < -0.39 is 0 Å². The van der Waals surface area contributed by atoms with Gasteiger partial charge in [0.2, 0.25) is 0 Å². The number of hydrogen-bond acceptors (Lipinski definition) is 4. The van der Waals surface area contributed by atoms with Crippen LogP contribution in [0.2, 0.25) is 0 Å². The van der Waals surface area contributed by atoms with Crippen LogP contribution >= 0.6 is 27.7 Å². The van der Waals surface area contributed by atoms with Crippen LogP contribution in [0.25, 0.3) is 0 Å². The third kappa shape index (κ3) is 5.30. The molecule has 0 spiro atoms. The molecule has 0 aliphatic heterocycles. The number of nitrogens with two attached hydrogens (primary N) is 1. The molecule has 24 heavy (non-hydrogen) atoms. The van der Waals surface area contributed by atoms with E-state index in [9.17, 15) is 0 Å². The number of anilines is 1. The predicted octanol–water partition coefficient (Wildman–Crippen LogP) is 5.25. The first kappa shape index (κ1) is 18.9. The van der Waals surface area contributed by atoms with Crippen molar-refractivity contribution in [3.8, 4) is 0 Å². The molecule has 1 aliphatic rings. The Kier molecular flexibility index (Phi) is 7.69. The average molecular weight is 406 g/mol. The van der Waals surface area contributed by atoms with Crippen molar-refractivity contribution in [1.29, 1.82) is 0 Å². The van der Waals surface area contributed by atoms with E-state index in [1.54, 1.807) is 0 Å². The summed E-state index contributed by atoms with van der Waals surface area (Å²) in [5.74, 6) is 6.44. The van der Waals surface area contributed by atoms with E-state index in [1.165, 1.54) is 45.2 Å². The van der Waals surface area contributed by atoms with Crippen molar-refractivity contribution in [3.63, 3.8) is 0 Å². The Balaban J connectivity index is 0.000000471. The Morgan fingerprint density at radius 2 is 1.96 bits per heavy atom. The van der Waals surface area contributed by atoms with Crippen molar-refractivity contribution in [2.45, 2.75) is 29.4 Å². The molecule has 2 aromatic carbocycles. The van der Waals surface area contributed by atoms with Crippen molar-refractivity contribution in [2.75, 3.05) is 12.4 Å². The van der Waals surface area contributed by atoms with Crippen LogP contribution in [0.4, 0.5) is 5.69 Å². The molecule has 0 heterocycles. The molecular formula is C19H24BrN3S. The highest BCUT2D eigenvalue weighted by molar-refractivity contribution is 9.10. The molecule has 5 heteroatoms. The van der Waals surface area contributed by atoms with Crippen molar-refractivity contribution >= 4 is 33.4 Å². The molecule has 0 atom stereocenters. The largest absolute Gasteiger partial charge is 0.387 e. The second kappa shape index (κ2) is 9.77. The Bertz CT molecular complexity index is 671. The summed E-state index contributed by atoms with van der Waals surface area (Å²) in [5, 5.41) is 3.34. The van der Waals surface area contributed by atoms with Crippen LogP contribution in [-0.2, 0) is 5.75 Å². The standard InChI is InChI=1S/C17H18BrNS.C2H6N2/c1-19-16-8-4-6-14(12-9-10-12)17(16)20-11-13-5-2-3-7-15(13)18;1-2-4-3/h2-8,12,19H,9-11H2,1H3;2,4H,1,3H2. The summed E-state index contributed by atoms with van der Waals surface area (Å²) >= 11 is 5.58. The predicted molar refractivity (Wildman–Crippen MR) is 109 cm³/mol. The fourth-order valence-corrected chi connectivity index (χ4v) is 4.28. The minimum atomic E-state index is 0.782. The molecule has 4 N–H and O–H groups in total. The van der Waals surface area contributed by atoms with Crippen LogP contribution in [-0.4, -0.2) is 7.05 Å². The number of hydrogen-bond donors (Lipinski definition) is 3. The summed E-state index contributed by atoms with van der Waals surface area (Å²) in [5.41, 5.74) is 6.32. The van der Waals surface area contributed by atoms with Crippen LogP contribution in [0.15, 0.2) is 64.6 Å². The third-order valence-electron chi connectivity index (χ3n) is 3.78. The summed E-state index contributed by atoms with van der Waals surface area (Å²) in [6, 6.07) is 15.1. The number of thioether (sulfide) groups is 1. The van der Waals surface area contributed by atoms with Gasteiger partial charge in [0.25, 0.3) is 0 Å². The van der Waals surface area contributed by atoms with Crippen LogP contribution in [0, 0.1) is 0 Å². The third-order valence-corrected chi connectivity index (χ3v) is 5.75. The van der Waals surface area contributed by atoms with E-state index in [0.717, 1.165) is 11.7 Å². The van der Waals surface area contributed by atoms with E-state index in [0.29, 0.717) is 0 Å². The van der Waals surface area contributed by atoms with Crippen molar-refractivity contribution in [1.82, 2.24) is 5.43 Å². The van der Waals surface area contributed by atoms with Crippen molar-refractivity contribution in [3.05, 3.63) is 70.8 Å². The van der Waals surface area contributed by atoms with Gasteiger partial charge in [-0.25, -0.2) is 0 Å². The van der Waals surface area contributed by atoms with Gasteiger partial charge in [-0.05, 0) is 42.0 Å². The maximum Gasteiger partial charge on any atom is 0.0478 e. The van der Waals surface area contributed by atoms with Crippen LogP contribution in [0.3, 0.4) is 0 Å². The summed E-state index contributed by atoms with van der Waals surface area (Å²) in [7, 11) is 2.01. The minimum Gasteiger partial charge on any atom is -0.387 e. The smallest absolute Gasteiger partial charge is 0.0478 e. The molecule has 3 nitrogen and oxygen atoms in total. The van der Waals surface area contributed by atoms with Gasteiger partial charge in [0.15, 0.2) is 0 Å². The lowest BCUT2D eigenvalue weighted by molar-refractivity contribution is 0.972. The number of halogens is 1. The highest BCUT2D eigenvalue weighted by Crippen LogP contribution is 2.47. The normalized spacial score (nSPS) is 12.8. The van der Waals surface area contributed by atoms with E-state index in [1.807, 2.05) is 18.8 Å². The molecule has 0 radical (unpaired) electrons.